The third-order valence-electron chi connectivity index (χ3n) is 5.69. The van der Waals surface area contributed by atoms with Crippen molar-refractivity contribution in [1.29, 1.82) is 0 Å². The van der Waals surface area contributed by atoms with Crippen molar-refractivity contribution in [3.63, 3.8) is 0 Å². The fraction of sp³-hybridized carbons (Fsp3) is 0.400. The maximum absolute atomic E-state index is 13.1. The Morgan fingerprint density at radius 2 is 1.89 bits per heavy atom. The van der Waals surface area contributed by atoms with E-state index < -0.39 is 18.1 Å². The molecule has 1 aliphatic carbocycles. The fourth-order valence-corrected chi connectivity index (χ4v) is 3.64. The van der Waals surface area contributed by atoms with Gasteiger partial charge in [0.15, 0.2) is 17.3 Å². The molecule has 1 N–H and O–H groups in total. The van der Waals surface area contributed by atoms with Crippen molar-refractivity contribution in [2.75, 3.05) is 13.7 Å². The molecular weight excluding hydrogens is 452 g/mol. The van der Waals surface area contributed by atoms with E-state index in [2.05, 4.69) is 20.4 Å². The lowest BCUT2D eigenvalue weighted by molar-refractivity contribution is 0.0852. The molecule has 1 aromatic carbocycles. The topological polar surface area (TPSA) is 126 Å². The number of aromatic nitrogens is 3. The van der Waals surface area contributed by atoms with Gasteiger partial charge in [-0.25, -0.2) is 9.78 Å². The van der Waals surface area contributed by atoms with Gasteiger partial charge in [-0.1, -0.05) is 49.3 Å². The van der Waals surface area contributed by atoms with E-state index in [0.29, 0.717) is 11.7 Å². The standard InChI is InChI=1S/C25H28N4O6/c1-15(2)14-33-24(31)34-20-18(32-4)10-13-26-19(20)22(30)27-16(3)21-28-23(35-29-21)25(11-12-25)17-8-6-5-7-9-17/h5-10,13,15-16H,11-12,14H2,1-4H3,(H,27,30)/t16-/m0/s1. The summed E-state index contributed by atoms with van der Waals surface area (Å²) >= 11 is 0. The van der Waals surface area contributed by atoms with Gasteiger partial charge in [0.05, 0.1) is 25.2 Å². The van der Waals surface area contributed by atoms with Crippen molar-refractivity contribution in [2.24, 2.45) is 5.92 Å². The van der Waals surface area contributed by atoms with E-state index in [4.69, 9.17) is 18.7 Å². The number of amides is 1. The lowest BCUT2D eigenvalue weighted by Gasteiger charge is -2.15. The van der Waals surface area contributed by atoms with Gasteiger partial charge in [0, 0.05) is 12.3 Å². The number of benzene rings is 1. The molecule has 4 rings (SSSR count). The molecule has 1 aliphatic rings. The monoisotopic (exact) mass is 480 g/mol. The van der Waals surface area contributed by atoms with Crippen molar-refractivity contribution in [3.8, 4) is 11.5 Å². The van der Waals surface area contributed by atoms with E-state index in [1.54, 1.807) is 6.92 Å². The average molecular weight is 481 g/mol. The van der Waals surface area contributed by atoms with Crippen molar-refractivity contribution in [2.45, 2.75) is 45.1 Å². The fourth-order valence-electron chi connectivity index (χ4n) is 3.64. The van der Waals surface area contributed by atoms with Gasteiger partial charge in [-0.15, -0.1) is 0 Å². The first kappa shape index (κ1) is 24.2. The molecule has 0 bridgehead atoms. The number of hydrogen-bond acceptors (Lipinski definition) is 9. The number of ether oxygens (including phenoxy) is 3. The van der Waals surface area contributed by atoms with Gasteiger partial charge >= 0.3 is 6.16 Å². The van der Waals surface area contributed by atoms with E-state index >= 15 is 0 Å². The second kappa shape index (κ2) is 10.1. The van der Waals surface area contributed by atoms with Crippen LogP contribution in [0.25, 0.3) is 0 Å². The van der Waals surface area contributed by atoms with Gasteiger partial charge in [-0.2, -0.15) is 4.98 Å². The third-order valence-corrected chi connectivity index (χ3v) is 5.69. The second-order valence-corrected chi connectivity index (χ2v) is 8.85. The van der Waals surface area contributed by atoms with E-state index in [1.807, 2.05) is 44.2 Å². The summed E-state index contributed by atoms with van der Waals surface area (Å²) in [5.74, 6) is 0.411. The van der Waals surface area contributed by atoms with Crippen LogP contribution >= 0.6 is 0 Å². The summed E-state index contributed by atoms with van der Waals surface area (Å²) in [4.78, 5) is 33.8. The van der Waals surface area contributed by atoms with Crippen molar-refractivity contribution in [3.05, 3.63) is 65.6 Å². The molecule has 10 nitrogen and oxygen atoms in total. The van der Waals surface area contributed by atoms with Crippen LogP contribution in [0.1, 0.15) is 67.4 Å². The number of carbonyl (C=O) groups is 2. The number of methoxy groups -OCH3 is 1. The lowest BCUT2D eigenvalue weighted by Crippen LogP contribution is -2.29. The van der Waals surface area contributed by atoms with Gasteiger partial charge in [0.25, 0.3) is 5.91 Å². The summed E-state index contributed by atoms with van der Waals surface area (Å²) in [7, 11) is 1.40. The molecule has 184 valence electrons. The molecule has 1 amide bonds. The molecular formula is C25H28N4O6. The maximum atomic E-state index is 13.1. The molecule has 2 aromatic heterocycles. The highest BCUT2D eigenvalue weighted by atomic mass is 16.7. The predicted molar refractivity (Wildman–Crippen MR) is 124 cm³/mol. The largest absolute Gasteiger partial charge is 0.514 e. The second-order valence-electron chi connectivity index (χ2n) is 8.85. The molecule has 1 fully saturated rings. The first-order valence-corrected chi connectivity index (χ1v) is 11.4. The number of carbonyl (C=O) groups excluding carboxylic acids is 2. The lowest BCUT2D eigenvalue weighted by atomic mass is 9.96. The van der Waals surface area contributed by atoms with Crippen LogP contribution in [0.5, 0.6) is 11.5 Å². The van der Waals surface area contributed by atoms with Crippen LogP contribution in [-0.2, 0) is 10.2 Å². The zero-order valence-corrected chi connectivity index (χ0v) is 20.1. The van der Waals surface area contributed by atoms with Gasteiger partial charge in [-0.3, -0.25) is 4.79 Å². The Hall–Kier alpha value is -3.95. The molecule has 2 heterocycles. The van der Waals surface area contributed by atoms with Crippen LogP contribution in [0.2, 0.25) is 0 Å². The van der Waals surface area contributed by atoms with Crippen LogP contribution in [0.15, 0.2) is 47.1 Å². The van der Waals surface area contributed by atoms with Gasteiger partial charge < -0.3 is 24.1 Å². The zero-order chi connectivity index (χ0) is 25.0. The molecule has 35 heavy (non-hydrogen) atoms. The van der Waals surface area contributed by atoms with Crippen LogP contribution in [0.3, 0.4) is 0 Å². The van der Waals surface area contributed by atoms with Crippen LogP contribution in [0.4, 0.5) is 4.79 Å². The van der Waals surface area contributed by atoms with Crippen molar-refractivity contribution >= 4 is 12.1 Å². The highest BCUT2D eigenvalue weighted by Gasteiger charge is 2.51. The molecule has 0 aliphatic heterocycles. The Labute approximate surface area is 203 Å². The summed E-state index contributed by atoms with van der Waals surface area (Å²) in [6.07, 6.45) is 2.26. The molecule has 0 spiro atoms. The van der Waals surface area contributed by atoms with Crippen LogP contribution in [0, 0.1) is 5.92 Å². The Morgan fingerprint density at radius 3 is 2.54 bits per heavy atom. The minimum Gasteiger partial charge on any atom is -0.493 e. The SMILES string of the molecule is COc1ccnc(C(=O)N[C@@H](C)c2noc(C3(c4ccccc4)CC3)n2)c1OC(=O)OCC(C)C. The minimum absolute atomic E-state index is 0.124. The molecule has 0 radical (unpaired) electrons. The molecule has 1 atom stereocenters. The van der Waals surface area contributed by atoms with Crippen molar-refractivity contribution in [1.82, 2.24) is 20.4 Å². The summed E-state index contributed by atoms with van der Waals surface area (Å²) in [6.45, 7) is 5.69. The Bertz CT molecular complexity index is 1190. The summed E-state index contributed by atoms with van der Waals surface area (Å²) in [5, 5.41) is 6.87. The normalized spacial score (nSPS) is 14.8. The number of pyridine rings is 1. The number of nitrogens with zero attached hydrogens (tertiary/aromatic N) is 3. The summed E-state index contributed by atoms with van der Waals surface area (Å²) in [6, 6.07) is 10.9. The first-order chi connectivity index (χ1) is 16.8. The number of nitrogens with one attached hydrogen (secondary N) is 1. The zero-order valence-electron chi connectivity index (χ0n) is 20.1. The summed E-state index contributed by atoms with van der Waals surface area (Å²) in [5.41, 5.74) is 0.713. The van der Waals surface area contributed by atoms with E-state index in [-0.39, 0.29) is 35.1 Å². The average Bonchev–Trinajstić information content (AvgIpc) is 3.52. The Balaban J connectivity index is 1.49. The predicted octanol–water partition coefficient (Wildman–Crippen LogP) is 4.22. The molecule has 3 aromatic rings. The molecule has 0 unspecified atom stereocenters. The molecule has 10 heteroatoms. The first-order valence-electron chi connectivity index (χ1n) is 11.4. The van der Waals surface area contributed by atoms with E-state index in [1.165, 1.54) is 19.4 Å². The van der Waals surface area contributed by atoms with Crippen molar-refractivity contribution < 1.29 is 28.3 Å². The van der Waals surface area contributed by atoms with E-state index in [9.17, 15) is 9.59 Å². The maximum Gasteiger partial charge on any atom is 0.514 e. The van der Waals surface area contributed by atoms with Gasteiger partial charge in [0.2, 0.25) is 11.6 Å². The summed E-state index contributed by atoms with van der Waals surface area (Å²) < 4.78 is 21.2. The van der Waals surface area contributed by atoms with Crippen LogP contribution in [-0.4, -0.2) is 40.9 Å². The molecule has 0 saturated heterocycles. The highest BCUT2D eigenvalue weighted by molar-refractivity contribution is 5.96. The Kier molecular flexibility index (Phi) is 6.99. The highest BCUT2D eigenvalue weighted by Crippen LogP contribution is 2.52. The minimum atomic E-state index is -0.953. The van der Waals surface area contributed by atoms with E-state index in [0.717, 1.165) is 18.4 Å². The quantitative estimate of drug-likeness (QED) is 0.448. The van der Waals surface area contributed by atoms with Gasteiger partial charge in [-0.05, 0) is 31.2 Å². The number of rotatable bonds is 9. The van der Waals surface area contributed by atoms with Crippen LogP contribution < -0.4 is 14.8 Å². The molecule has 1 saturated carbocycles. The van der Waals surface area contributed by atoms with Gasteiger partial charge in [0.1, 0.15) is 0 Å². The number of hydrogen-bond donors (Lipinski definition) is 1. The third kappa shape index (κ3) is 5.26. The Morgan fingerprint density at radius 1 is 1.14 bits per heavy atom. The smallest absolute Gasteiger partial charge is 0.493 e.